The van der Waals surface area contributed by atoms with E-state index in [1.807, 2.05) is 26.0 Å². The summed E-state index contributed by atoms with van der Waals surface area (Å²) in [6.07, 6.45) is 1.55. The molecule has 1 aliphatic rings. The number of carbonyl (C=O) groups excluding carboxylic acids is 1. The average Bonchev–Trinajstić information content (AvgIpc) is 3.12. The molecule has 17 heavy (non-hydrogen) atoms. The fourth-order valence-corrected chi connectivity index (χ4v) is 2.03. The van der Waals surface area contributed by atoms with E-state index in [-0.39, 0.29) is 12.4 Å². The highest BCUT2D eigenvalue weighted by Gasteiger charge is 2.50. The molecule has 3 nitrogen and oxygen atoms in total. The summed E-state index contributed by atoms with van der Waals surface area (Å²) in [7, 11) is 1.57. The lowest BCUT2D eigenvalue weighted by atomic mass is 9.92. The van der Waals surface area contributed by atoms with Crippen molar-refractivity contribution in [1.82, 2.24) is 0 Å². The van der Waals surface area contributed by atoms with Gasteiger partial charge in [-0.05, 0) is 49.9 Å². The molecule has 0 amide bonds. The largest absolute Gasteiger partial charge is 0.496 e. The molecule has 0 radical (unpaired) electrons. The fourth-order valence-electron chi connectivity index (χ4n) is 2.03. The van der Waals surface area contributed by atoms with Gasteiger partial charge in [0, 0.05) is 0 Å². The van der Waals surface area contributed by atoms with Crippen molar-refractivity contribution in [3.63, 3.8) is 0 Å². The maximum atomic E-state index is 12.4. The standard InChI is InChI=1S/C14H18O3/c1-9-6-11(12(17-3)7-10(9)2)13(16)14(8-15)4-5-14/h6-7,15H,4-5,8H2,1-3H3. The molecule has 1 fully saturated rings. The molecule has 3 heteroatoms. The van der Waals surface area contributed by atoms with Gasteiger partial charge in [-0.15, -0.1) is 0 Å². The Morgan fingerprint density at radius 3 is 2.41 bits per heavy atom. The van der Waals surface area contributed by atoms with Crippen molar-refractivity contribution < 1.29 is 14.6 Å². The highest BCUT2D eigenvalue weighted by atomic mass is 16.5. The van der Waals surface area contributed by atoms with Crippen molar-refractivity contribution in [3.8, 4) is 5.75 Å². The number of benzene rings is 1. The predicted octanol–water partition coefficient (Wildman–Crippen LogP) is 2.27. The lowest BCUT2D eigenvalue weighted by Crippen LogP contribution is -2.21. The molecule has 2 rings (SSSR count). The minimum absolute atomic E-state index is 0.0138. The van der Waals surface area contributed by atoms with Gasteiger partial charge in [0.15, 0.2) is 5.78 Å². The molecule has 1 aromatic carbocycles. The minimum Gasteiger partial charge on any atom is -0.496 e. The van der Waals surface area contributed by atoms with Gasteiger partial charge in [0.05, 0.1) is 24.7 Å². The van der Waals surface area contributed by atoms with Crippen LogP contribution in [0.2, 0.25) is 0 Å². The number of methoxy groups -OCH3 is 1. The van der Waals surface area contributed by atoms with Crippen molar-refractivity contribution >= 4 is 5.78 Å². The van der Waals surface area contributed by atoms with Crippen LogP contribution < -0.4 is 4.74 Å². The summed E-state index contributed by atoms with van der Waals surface area (Å²) < 4.78 is 5.27. The molecule has 0 atom stereocenters. The topological polar surface area (TPSA) is 46.5 Å². The van der Waals surface area contributed by atoms with Crippen LogP contribution >= 0.6 is 0 Å². The third-order valence-corrected chi connectivity index (χ3v) is 3.70. The van der Waals surface area contributed by atoms with Gasteiger partial charge in [0.25, 0.3) is 0 Å². The molecular weight excluding hydrogens is 216 g/mol. The Morgan fingerprint density at radius 2 is 1.94 bits per heavy atom. The number of aliphatic hydroxyl groups is 1. The second-order valence-electron chi connectivity index (χ2n) is 4.90. The molecule has 1 aromatic rings. The van der Waals surface area contributed by atoms with E-state index in [9.17, 15) is 9.90 Å². The Kier molecular flexibility index (Phi) is 2.96. The van der Waals surface area contributed by atoms with Gasteiger partial charge in [0.1, 0.15) is 5.75 Å². The summed E-state index contributed by atoms with van der Waals surface area (Å²) in [5.74, 6) is 0.623. The maximum absolute atomic E-state index is 12.4. The van der Waals surface area contributed by atoms with E-state index in [0.717, 1.165) is 24.0 Å². The molecule has 0 unspecified atom stereocenters. The first-order valence-electron chi connectivity index (χ1n) is 5.85. The molecule has 0 aromatic heterocycles. The molecule has 0 heterocycles. The van der Waals surface area contributed by atoms with Crippen molar-refractivity contribution in [1.29, 1.82) is 0 Å². The van der Waals surface area contributed by atoms with E-state index < -0.39 is 5.41 Å². The lowest BCUT2D eigenvalue weighted by molar-refractivity contribution is 0.0826. The van der Waals surface area contributed by atoms with Crippen molar-refractivity contribution in [3.05, 3.63) is 28.8 Å². The van der Waals surface area contributed by atoms with Gasteiger partial charge in [-0.3, -0.25) is 4.79 Å². The first-order valence-corrected chi connectivity index (χ1v) is 5.85. The summed E-state index contributed by atoms with van der Waals surface area (Å²) in [5.41, 5.74) is 2.24. The molecule has 92 valence electrons. The molecule has 1 N–H and O–H groups in total. The number of ketones is 1. The molecule has 0 aliphatic heterocycles. The number of Topliss-reactive ketones (excluding diaryl/α,β-unsaturated/α-hetero) is 1. The second-order valence-corrected chi connectivity index (χ2v) is 4.90. The van der Waals surface area contributed by atoms with Crippen LogP contribution in [0, 0.1) is 19.3 Å². The van der Waals surface area contributed by atoms with E-state index in [2.05, 4.69) is 0 Å². The number of aliphatic hydroxyl groups excluding tert-OH is 1. The molecule has 1 saturated carbocycles. The van der Waals surface area contributed by atoms with Crippen LogP contribution in [0.15, 0.2) is 12.1 Å². The normalized spacial score (nSPS) is 16.7. The Hall–Kier alpha value is -1.35. The van der Waals surface area contributed by atoms with Crippen LogP contribution in [0.5, 0.6) is 5.75 Å². The van der Waals surface area contributed by atoms with E-state index >= 15 is 0 Å². The quantitative estimate of drug-likeness (QED) is 0.813. The Morgan fingerprint density at radius 1 is 1.35 bits per heavy atom. The van der Waals surface area contributed by atoms with Gasteiger partial charge < -0.3 is 9.84 Å². The number of hydrogen-bond acceptors (Lipinski definition) is 3. The number of hydrogen-bond donors (Lipinski definition) is 1. The van der Waals surface area contributed by atoms with Crippen LogP contribution in [0.25, 0.3) is 0 Å². The first kappa shape index (κ1) is 12.1. The van der Waals surface area contributed by atoms with E-state index in [1.165, 1.54) is 0 Å². The van der Waals surface area contributed by atoms with Crippen LogP contribution in [0.3, 0.4) is 0 Å². The second kappa shape index (κ2) is 4.15. The molecule has 0 bridgehead atoms. The highest BCUT2D eigenvalue weighted by Crippen LogP contribution is 2.48. The van der Waals surface area contributed by atoms with Gasteiger partial charge >= 0.3 is 0 Å². The first-order chi connectivity index (χ1) is 8.04. The zero-order valence-electron chi connectivity index (χ0n) is 10.5. The van der Waals surface area contributed by atoms with Crippen molar-refractivity contribution in [2.45, 2.75) is 26.7 Å². The van der Waals surface area contributed by atoms with Crippen molar-refractivity contribution in [2.75, 3.05) is 13.7 Å². The Labute approximate surface area is 101 Å². The summed E-state index contributed by atoms with van der Waals surface area (Å²) in [6, 6.07) is 3.75. The van der Waals surface area contributed by atoms with Crippen LogP contribution in [-0.2, 0) is 0 Å². The zero-order valence-corrected chi connectivity index (χ0v) is 10.5. The van der Waals surface area contributed by atoms with Crippen LogP contribution in [-0.4, -0.2) is 24.6 Å². The predicted molar refractivity (Wildman–Crippen MR) is 65.6 cm³/mol. The van der Waals surface area contributed by atoms with E-state index in [4.69, 9.17) is 4.74 Å². The van der Waals surface area contributed by atoms with Crippen molar-refractivity contribution in [2.24, 2.45) is 5.41 Å². The van der Waals surface area contributed by atoms with Gasteiger partial charge in [-0.1, -0.05) is 0 Å². The summed E-state index contributed by atoms with van der Waals surface area (Å²) in [5, 5.41) is 9.31. The number of rotatable bonds is 4. The highest BCUT2D eigenvalue weighted by molar-refractivity contribution is 6.04. The summed E-state index contributed by atoms with van der Waals surface area (Å²) in [4.78, 5) is 12.4. The molecule has 1 aliphatic carbocycles. The Bertz CT molecular complexity index is 459. The Balaban J connectivity index is 2.44. The van der Waals surface area contributed by atoms with Crippen LogP contribution in [0.4, 0.5) is 0 Å². The third kappa shape index (κ3) is 1.95. The van der Waals surface area contributed by atoms with E-state index in [0.29, 0.717) is 11.3 Å². The molecular formula is C14H18O3. The summed E-state index contributed by atoms with van der Waals surface area (Å²) >= 11 is 0. The maximum Gasteiger partial charge on any atom is 0.175 e. The van der Waals surface area contributed by atoms with Crippen LogP contribution in [0.1, 0.15) is 34.3 Å². The SMILES string of the molecule is COc1cc(C)c(C)cc1C(=O)C1(CO)CC1. The van der Waals surface area contributed by atoms with Gasteiger partial charge in [-0.25, -0.2) is 0 Å². The monoisotopic (exact) mass is 234 g/mol. The number of aryl methyl sites for hydroxylation is 2. The minimum atomic E-state index is -0.533. The molecule has 0 saturated heterocycles. The smallest absolute Gasteiger partial charge is 0.175 e. The van der Waals surface area contributed by atoms with Gasteiger partial charge in [-0.2, -0.15) is 0 Å². The number of ether oxygens (including phenoxy) is 1. The fraction of sp³-hybridized carbons (Fsp3) is 0.500. The average molecular weight is 234 g/mol. The molecule has 0 spiro atoms. The zero-order chi connectivity index (χ0) is 12.6. The number of carbonyl (C=O) groups is 1. The lowest BCUT2D eigenvalue weighted by Gasteiger charge is -2.15. The van der Waals surface area contributed by atoms with Gasteiger partial charge in [0.2, 0.25) is 0 Å². The third-order valence-electron chi connectivity index (χ3n) is 3.70. The van der Waals surface area contributed by atoms with E-state index in [1.54, 1.807) is 7.11 Å². The summed E-state index contributed by atoms with van der Waals surface area (Å²) in [6.45, 7) is 3.90.